The van der Waals surface area contributed by atoms with Gasteiger partial charge in [0.05, 0.1) is 5.56 Å². The van der Waals surface area contributed by atoms with Crippen LogP contribution in [0, 0.1) is 0 Å². The van der Waals surface area contributed by atoms with Gasteiger partial charge in [0.1, 0.15) is 12.0 Å². The molecule has 0 bridgehead atoms. The van der Waals surface area contributed by atoms with E-state index >= 15 is 0 Å². The monoisotopic (exact) mass is 349 g/mol. The molecule has 26 heavy (non-hydrogen) atoms. The number of nitrogens with one attached hydrogen (secondary N) is 2. The van der Waals surface area contributed by atoms with Crippen LogP contribution >= 0.6 is 0 Å². The number of aromatic carboxylic acids is 1. The summed E-state index contributed by atoms with van der Waals surface area (Å²) in [5.74, 6) is -0.0238. The largest absolute Gasteiger partial charge is 0.478 e. The lowest BCUT2D eigenvalue weighted by Gasteiger charge is -2.14. The molecule has 0 atom stereocenters. The molecule has 2 aromatic carbocycles. The van der Waals surface area contributed by atoms with E-state index in [1.165, 1.54) is 18.5 Å². The molecular formula is C19H19N5O2. The van der Waals surface area contributed by atoms with Crippen molar-refractivity contribution in [3.05, 3.63) is 66.0 Å². The predicted octanol–water partition coefficient (Wildman–Crippen LogP) is 3.81. The zero-order chi connectivity index (χ0) is 18.5. The molecule has 7 nitrogen and oxygen atoms in total. The van der Waals surface area contributed by atoms with Crippen LogP contribution in [0.4, 0.5) is 28.7 Å². The molecule has 0 aliphatic heterocycles. The molecule has 7 heteroatoms. The van der Waals surface area contributed by atoms with E-state index in [2.05, 4.69) is 27.5 Å². The molecule has 132 valence electrons. The van der Waals surface area contributed by atoms with Gasteiger partial charge < -0.3 is 21.5 Å². The fourth-order valence-corrected chi connectivity index (χ4v) is 2.51. The molecule has 0 aliphatic carbocycles. The Morgan fingerprint density at radius 3 is 2.35 bits per heavy atom. The standard InChI is InChI=1S/C19H19N5O2/c1-2-12-5-3-4-6-15(12)24-18-16(20)17(21-11-22-18)23-14-9-7-13(8-10-14)19(25)26/h3-11H,2,20H2,1H3,(H,25,26)(H2,21,22,23,24). The SMILES string of the molecule is CCc1ccccc1Nc1ncnc(Nc2ccc(C(=O)O)cc2)c1N. The zero-order valence-corrected chi connectivity index (χ0v) is 14.2. The number of carboxylic acids is 1. The summed E-state index contributed by atoms with van der Waals surface area (Å²) in [6, 6.07) is 14.3. The summed E-state index contributed by atoms with van der Waals surface area (Å²) in [4.78, 5) is 19.3. The smallest absolute Gasteiger partial charge is 0.335 e. The van der Waals surface area contributed by atoms with Crippen molar-refractivity contribution in [2.45, 2.75) is 13.3 Å². The highest BCUT2D eigenvalue weighted by atomic mass is 16.4. The highest BCUT2D eigenvalue weighted by Crippen LogP contribution is 2.29. The minimum absolute atomic E-state index is 0.213. The van der Waals surface area contributed by atoms with Gasteiger partial charge in [-0.3, -0.25) is 0 Å². The van der Waals surface area contributed by atoms with Crippen molar-refractivity contribution < 1.29 is 9.90 Å². The third kappa shape index (κ3) is 3.72. The van der Waals surface area contributed by atoms with Crippen molar-refractivity contribution in [2.75, 3.05) is 16.4 Å². The number of aromatic nitrogens is 2. The Balaban J connectivity index is 1.84. The maximum Gasteiger partial charge on any atom is 0.335 e. The van der Waals surface area contributed by atoms with Crippen LogP contribution < -0.4 is 16.4 Å². The summed E-state index contributed by atoms with van der Waals surface area (Å²) in [7, 11) is 0. The Kier molecular flexibility index (Phi) is 4.98. The zero-order valence-electron chi connectivity index (χ0n) is 14.2. The van der Waals surface area contributed by atoms with Gasteiger partial charge in [0.2, 0.25) is 0 Å². The van der Waals surface area contributed by atoms with Gasteiger partial charge in [-0.25, -0.2) is 14.8 Å². The quantitative estimate of drug-likeness (QED) is 0.535. The van der Waals surface area contributed by atoms with Crippen LogP contribution in [-0.2, 0) is 6.42 Å². The van der Waals surface area contributed by atoms with E-state index in [-0.39, 0.29) is 5.56 Å². The minimum Gasteiger partial charge on any atom is -0.478 e. The lowest BCUT2D eigenvalue weighted by atomic mass is 10.1. The molecule has 0 fully saturated rings. The van der Waals surface area contributed by atoms with Crippen molar-refractivity contribution in [1.82, 2.24) is 9.97 Å². The summed E-state index contributed by atoms with van der Waals surface area (Å²) in [5, 5.41) is 15.3. The van der Waals surface area contributed by atoms with Gasteiger partial charge in [-0.15, -0.1) is 0 Å². The van der Waals surface area contributed by atoms with Crippen molar-refractivity contribution in [3.63, 3.8) is 0 Å². The number of rotatable bonds is 6. The maximum atomic E-state index is 10.9. The van der Waals surface area contributed by atoms with Gasteiger partial charge >= 0.3 is 5.97 Å². The van der Waals surface area contributed by atoms with E-state index in [0.717, 1.165) is 17.7 Å². The average Bonchev–Trinajstić information content (AvgIpc) is 2.66. The van der Waals surface area contributed by atoms with Crippen molar-refractivity contribution in [3.8, 4) is 0 Å². The molecule has 3 rings (SSSR count). The number of nitrogens with zero attached hydrogens (tertiary/aromatic N) is 2. The topological polar surface area (TPSA) is 113 Å². The second-order valence-corrected chi connectivity index (χ2v) is 5.63. The summed E-state index contributed by atoms with van der Waals surface area (Å²) < 4.78 is 0. The molecule has 5 N–H and O–H groups in total. The molecule has 1 heterocycles. The third-order valence-corrected chi connectivity index (χ3v) is 3.93. The number of hydrogen-bond donors (Lipinski definition) is 4. The predicted molar refractivity (Wildman–Crippen MR) is 102 cm³/mol. The summed E-state index contributed by atoms with van der Waals surface area (Å²) in [5.41, 5.74) is 9.57. The molecule has 0 spiro atoms. The Hall–Kier alpha value is -3.61. The number of nitrogen functional groups attached to an aromatic ring is 1. The van der Waals surface area contributed by atoms with Crippen LogP contribution in [0.1, 0.15) is 22.8 Å². The molecule has 3 aromatic rings. The summed E-state index contributed by atoms with van der Waals surface area (Å²) in [6.07, 6.45) is 2.30. The number of carbonyl (C=O) groups is 1. The average molecular weight is 349 g/mol. The van der Waals surface area contributed by atoms with Gasteiger partial charge in [0.25, 0.3) is 0 Å². The normalized spacial score (nSPS) is 10.3. The van der Waals surface area contributed by atoms with Crippen LogP contribution in [0.25, 0.3) is 0 Å². The lowest BCUT2D eigenvalue weighted by molar-refractivity contribution is 0.0697. The number of carboxylic acid groups (broad SMARTS) is 1. The second kappa shape index (κ2) is 7.52. The number of nitrogens with two attached hydrogens (primary N) is 1. The van der Waals surface area contributed by atoms with Crippen molar-refractivity contribution in [1.29, 1.82) is 0 Å². The van der Waals surface area contributed by atoms with Gasteiger partial charge in [-0.05, 0) is 42.3 Å². The molecule has 1 aromatic heterocycles. The molecular weight excluding hydrogens is 330 g/mol. The first-order chi connectivity index (χ1) is 12.6. The highest BCUT2D eigenvalue weighted by Gasteiger charge is 2.10. The number of para-hydroxylation sites is 1. The summed E-state index contributed by atoms with van der Waals surface area (Å²) in [6.45, 7) is 2.08. The first kappa shape index (κ1) is 17.2. The van der Waals surface area contributed by atoms with Crippen LogP contribution in [0.3, 0.4) is 0 Å². The minimum atomic E-state index is -0.973. The second-order valence-electron chi connectivity index (χ2n) is 5.63. The Morgan fingerprint density at radius 1 is 1.04 bits per heavy atom. The number of benzene rings is 2. The number of anilines is 5. The van der Waals surface area contributed by atoms with Crippen LogP contribution in [0.5, 0.6) is 0 Å². The van der Waals surface area contributed by atoms with E-state index < -0.39 is 5.97 Å². The first-order valence-corrected chi connectivity index (χ1v) is 8.14. The van der Waals surface area contributed by atoms with Crippen LogP contribution in [-0.4, -0.2) is 21.0 Å². The fraction of sp³-hybridized carbons (Fsp3) is 0.105. The number of hydrogen-bond acceptors (Lipinski definition) is 6. The van der Waals surface area contributed by atoms with Crippen LogP contribution in [0.15, 0.2) is 54.9 Å². The molecule has 0 amide bonds. The fourth-order valence-electron chi connectivity index (χ4n) is 2.51. The van der Waals surface area contributed by atoms with Gasteiger partial charge in [0, 0.05) is 11.4 Å². The Morgan fingerprint density at radius 2 is 1.69 bits per heavy atom. The van der Waals surface area contributed by atoms with Gasteiger partial charge in [0.15, 0.2) is 11.6 Å². The van der Waals surface area contributed by atoms with E-state index in [1.54, 1.807) is 12.1 Å². The Bertz CT molecular complexity index is 925. The van der Waals surface area contributed by atoms with E-state index in [9.17, 15) is 4.79 Å². The summed E-state index contributed by atoms with van der Waals surface area (Å²) >= 11 is 0. The number of aryl methyl sites for hydroxylation is 1. The highest BCUT2D eigenvalue weighted by molar-refractivity contribution is 5.88. The van der Waals surface area contributed by atoms with E-state index in [1.807, 2.05) is 24.3 Å². The van der Waals surface area contributed by atoms with Crippen LogP contribution in [0.2, 0.25) is 0 Å². The Labute approximate surface area is 150 Å². The first-order valence-electron chi connectivity index (χ1n) is 8.14. The molecule has 0 unspecified atom stereocenters. The van der Waals surface area contributed by atoms with E-state index in [0.29, 0.717) is 23.0 Å². The third-order valence-electron chi connectivity index (χ3n) is 3.93. The molecule has 0 radical (unpaired) electrons. The molecule has 0 saturated carbocycles. The maximum absolute atomic E-state index is 10.9. The van der Waals surface area contributed by atoms with Gasteiger partial charge in [-0.1, -0.05) is 25.1 Å². The molecule has 0 saturated heterocycles. The van der Waals surface area contributed by atoms with Crippen molar-refractivity contribution in [2.24, 2.45) is 0 Å². The molecule has 0 aliphatic rings. The van der Waals surface area contributed by atoms with E-state index in [4.69, 9.17) is 10.8 Å². The van der Waals surface area contributed by atoms with Gasteiger partial charge in [-0.2, -0.15) is 0 Å². The van der Waals surface area contributed by atoms with Crippen molar-refractivity contribution >= 4 is 34.7 Å². The lowest BCUT2D eigenvalue weighted by Crippen LogP contribution is -2.06.